The topological polar surface area (TPSA) is 88.2 Å². The number of carbonyl (C=O) groups is 1. The second kappa shape index (κ2) is 7.79. The predicted molar refractivity (Wildman–Crippen MR) is 118 cm³/mol. The van der Waals surface area contributed by atoms with Gasteiger partial charge in [0.15, 0.2) is 5.43 Å². The Labute approximate surface area is 175 Å². The molecule has 0 atom stereocenters. The molecule has 0 radical (unpaired) electrons. The Bertz CT molecular complexity index is 1250. The number of aryl methyl sites for hydroxylation is 1. The molecule has 0 saturated heterocycles. The molecule has 0 spiro atoms. The zero-order valence-electron chi connectivity index (χ0n) is 18.2. The SMILES string of the molecule is CCOC(=O)Cn1c2nc(C(C)(C)C#N)ccc2c(=O)c2ccc(C)c(N(C)C)c21. The monoisotopic (exact) mass is 406 g/mol. The van der Waals surface area contributed by atoms with Gasteiger partial charge in [0.25, 0.3) is 0 Å². The molecule has 0 amide bonds. The van der Waals surface area contributed by atoms with Crippen LogP contribution in [0.25, 0.3) is 21.9 Å². The van der Waals surface area contributed by atoms with Crippen molar-refractivity contribution in [1.82, 2.24) is 9.55 Å². The number of fused-ring (bicyclic) bond motifs is 2. The number of nitriles is 1. The third-order valence-corrected chi connectivity index (χ3v) is 5.20. The van der Waals surface area contributed by atoms with Crippen LogP contribution in [-0.4, -0.2) is 36.2 Å². The van der Waals surface area contributed by atoms with Crippen LogP contribution in [0.3, 0.4) is 0 Å². The van der Waals surface area contributed by atoms with Gasteiger partial charge in [-0.15, -0.1) is 0 Å². The number of benzene rings is 1. The van der Waals surface area contributed by atoms with Crippen LogP contribution in [-0.2, 0) is 21.5 Å². The summed E-state index contributed by atoms with van der Waals surface area (Å²) in [7, 11) is 3.79. The van der Waals surface area contributed by atoms with E-state index in [9.17, 15) is 14.9 Å². The molecular weight excluding hydrogens is 380 g/mol. The Morgan fingerprint density at radius 2 is 1.90 bits per heavy atom. The van der Waals surface area contributed by atoms with Gasteiger partial charge in [0.1, 0.15) is 12.2 Å². The minimum absolute atomic E-state index is 0.0884. The molecule has 3 aromatic rings. The van der Waals surface area contributed by atoms with Gasteiger partial charge in [0.2, 0.25) is 0 Å². The number of nitrogens with zero attached hydrogens (tertiary/aromatic N) is 4. The highest BCUT2D eigenvalue weighted by Gasteiger charge is 2.25. The number of anilines is 1. The predicted octanol–water partition coefficient (Wildman–Crippen LogP) is 3.29. The van der Waals surface area contributed by atoms with Crippen molar-refractivity contribution in [1.29, 1.82) is 5.26 Å². The van der Waals surface area contributed by atoms with Gasteiger partial charge < -0.3 is 14.2 Å². The van der Waals surface area contributed by atoms with Crippen LogP contribution in [0.5, 0.6) is 0 Å². The number of ether oxygens (including phenoxy) is 1. The van der Waals surface area contributed by atoms with Crippen molar-refractivity contribution in [3.63, 3.8) is 0 Å². The molecule has 0 aliphatic carbocycles. The van der Waals surface area contributed by atoms with Crippen LogP contribution >= 0.6 is 0 Å². The van der Waals surface area contributed by atoms with E-state index in [0.717, 1.165) is 11.3 Å². The first-order chi connectivity index (χ1) is 14.1. The van der Waals surface area contributed by atoms with E-state index < -0.39 is 11.4 Å². The normalized spacial score (nSPS) is 11.5. The molecule has 0 bridgehead atoms. The number of carbonyl (C=O) groups excluding carboxylic acids is 1. The van der Waals surface area contributed by atoms with Crippen LogP contribution in [0.1, 0.15) is 32.0 Å². The summed E-state index contributed by atoms with van der Waals surface area (Å²) in [6.45, 7) is 7.42. The molecule has 0 unspecified atom stereocenters. The molecule has 2 heterocycles. The number of esters is 1. The van der Waals surface area contributed by atoms with Crippen LogP contribution in [0.4, 0.5) is 5.69 Å². The first-order valence-corrected chi connectivity index (χ1v) is 9.84. The van der Waals surface area contributed by atoms with Gasteiger partial charge in [-0.25, -0.2) is 4.98 Å². The lowest BCUT2D eigenvalue weighted by molar-refractivity contribution is -0.143. The van der Waals surface area contributed by atoms with E-state index in [-0.39, 0.29) is 18.6 Å². The fraction of sp³-hybridized carbons (Fsp3) is 0.391. The smallest absolute Gasteiger partial charge is 0.326 e. The van der Waals surface area contributed by atoms with E-state index in [0.29, 0.717) is 27.6 Å². The summed E-state index contributed by atoms with van der Waals surface area (Å²) >= 11 is 0. The summed E-state index contributed by atoms with van der Waals surface area (Å²) in [6.07, 6.45) is 0. The second-order valence-corrected chi connectivity index (χ2v) is 8.05. The highest BCUT2D eigenvalue weighted by atomic mass is 16.5. The molecule has 7 nitrogen and oxygen atoms in total. The molecule has 0 aliphatic rings. The van der Waals surface area contributed by atoms with Gasteiger partial charge in [-0.1, -0.05) is 6.07 Å². The van der Waals surface area contributed by atoms with Crippen molar-refractivity contribution >= 4 is 33.6 Å². The number of hydrogen-bond donors (Lipinski definition) is 0. The lowest BCUT2D eigenvalue weighted by atomic mass is 9.90. The maximum absolute atomic E-state index is 13.3. The van der Waals surface area contributed by atoms with Crippen molar-refractivity contribution in [2.45, 2.75) is 39.7 Å². The summed E-state index contributed by atoms with van der Waals surface area (Å²) in [5.41, 5.74) is 2.34. The summed E-state index contributed by atoms with van der Waals surface area (Å²) in [5.74, 6) is -0.415. The Hall–Kier alpha value is -3.40. The van der Waals surface area contributed by atoms with E-state index in [1.165, 1.54) is 0 Å². The number of hydrogen-bond acceptors (Lipinski definition) is 6. The van der Waals surface area contributed by atoms with E-state index in [1.54, 1.807) is 43.5 Å². The van der Waals surface area contributed by atoms with Gasteiger partial charge in [-0.05, 0) is 51.5 Å². The van der Waals surface area contributed by atoms with E-state index in [1.807, 2.05) is 32.0 Å². The molecule has 156 valence electrons. The Balaban J connectivity index is 2.54. The maximum atomic E-state index is 13.3. The maximum Gasteiger partial charge on any atom is 0.326 e. The van der Waals surface area contributed by atoms with Crippen molar-refractivity contribution in [2.75, 3.05) is 25.6 Å². The van der Waals surface area contributed by atoms with Crippen LogP contribution in [0.2, 0.25) is 0 Å². The number of rotatable bonds is 5. The van der Waals surface area contributed by atoms with Gasteiger partial charge >= 0.3 is 5.97 Å². The van der Waals surface area contributed by atoms with Crippen molar-refractivity contribution < 1.29 is 9.53 Å². The van der Waals surface area contributed by atoms with E-state index >= 15 is 0 Å². The van der Waals surface area contributed by atoms with Crippen LogP contribution < -0.4 is 10.3 Å². The average Bonchev–Trinajstić information content (AvgIpc) is 2.70. The Morgan fingerprint density at radius 3 is 2.50 bits per heavy atom. The fourth-order valence-electron chi connectivity index (χ4n) is 3.68. The number of aromatic nitrogens is 2. The van der Waals surface area contributed by atoms with Crippen molar-refractivity contribution in [3.8, 4) is 6.07 Å². The van der Waals surface area contributed by atoms with Gasteiger partial charge in [-0.2, -0.15) is 5.26 Å². The summed E-state index contributed by atoms with van der Waals surface area (Å²) in [5, 5.41) is 10.5. The molecule has 30 heavy (non-hydrogen) atoms. The third-order valence-electron chi connectivity index (χ3n) is 5.20. The Kier molecular flexibility index (Phi) is 5.53. The summed E-state index contributed by atoms with van der Waals surface area (Å²) in [6, 6.07) is 9.33. The van der Waals surface area contributed by atoms with Crippen molar-refractivity contribution in [2.24, 2.45) is 0 Å². The van der Waals surface area contributed by atoms with E-state index in [2.05, 4.69) is 11.1 Å². The molecule has 0 N–H and O–H groups in total. The molecule has 7 heteroatoms. The Morgan fingerprint density at radius 1 is 1.23 bits per heavy atom. The highest BCUT2D eigenvalue weighted by Crippen LogP contribution is 2.31. The largest absolute Gasteiger partial charge is 0.465 e. The first kappa shape index (κ1) is 21.3. The fourth-order valence-corrected chi connectivity index (χ4v) is 3.68. The average molecular weight is 406 g/mol. The lowest BCUT2D eigenvalue weighted by Gasteiger charge is -2.23. The number of pyridine rings is 2. The molecule has 0 aliphatic heterocycles. The highest BCUT2D eigenvalue weighted by molar-refractivity contribution is 6.00. The van der Waals surface area contributed by atoms with Crippen LogP contribution in [0.15, 0.2) is 29.1 Å². The van der Waals surface area contributed by atoms with E-state index in [4.69, 9.17) is 4.74 Å². The second-order valence-electron chi connectivity index (χ2n) is 8.05. The summed E-state index contributed by atoms with van der Waals surface area (Å²) < 4.78 is 6.93. The molecule has 1 aromatic carbocycles. The molecule has 2 aromatic heterocycles. The standard InChI is InChI=1S/C23H26N4O3/c1-7-30-18(28)12-27-20-15(9-8-14(2)19(20)26(5)6)21(29)16-10-11-17(25-22(16)27)23(3,4)13-24/h8-11H,7,12H2,1-6H3. The lowest BCUT2D eigenvalue weighted by Crippen LogP contribution is -2.23. The van der Waals surface area contributed by atoms with Gasteiger partial charge in [-0.3, -0.25) is 9.59 Å². The zero-order chi connectivity index (χ0) is 22.2. The molecule has 0 saturated carbocycles. The van der Waals surface area contributed by atoms with Crippen molar-refractivity contribution in [3.05, 3.63) is 45.7 Å². The molecule has 0 fully saturated rings. The quantitative estimate of drug-likeness (QED) is 0.477. The minimum Gasteiger partial charge on any atom is -0.465 e. The summed E-state index contributed by atoms with van der Waals surface area (Å²) in [4.78, 5) is 32.4. The van der Waals surface area contributed by atoms with Gasteiger partial charge in [0.05, 0.1) is 40.4 Å². The first-order valence-electron chi connectivity index (χ1n) is 9.84. The minimum atomic E-state index is -0.842. The third kappa shape index (κ3) is 3.50. The molecule has 3 rings (SSSR count). The van der Waals surface area contributed by atoms with Gasteiger partial charge in [0, 0.05) is 19.5 Å². The zero-order valence-corrected chi connectivity index (χ0v) is 18.2. The van der Waals surface area contributed by atoms with Crippen LogP contribution in [0, 0.1) is 18.3 Å². The molecular formula is C23H26N4O3.